The van der Waals surface area contributed by atoms with Gasteiger partial charge in [0.15, 0.2) is 5.16 Å². The molecule has 7 nitrogen and oxygen atoms in total. The number of hydrogen-bond acceptors (Lipinski definition) is 6. The molecule has 1 aliphatic rings. The molecule has 2 aromatic carbocycles. The van der Waals surface area contributed by atoms with Crippen molar-refractivity contribution in [2.45, 2.75) is 24.4 Å². The molecule has 0 saturated carbocycles. The van der Waals surface area contributed by atoms with E-state index in [2.05, 4.69) is 15.2 Å². The van der Waals surface area contributed by atoms with E-state index in [1.54, 1.807) is 30.3 Å². The molecule has 1 N–H and O–H groups in total. The van der Waals surface area contributed by atoms with E-state index in [0.717, 1.165) is 39.3 Å². The highest BCUT2D eigenvalue weighted by Gasteiger charge is 2.14. The number of nitrogens with one attached hydrogen (secondary N) is 1. The zero-order chi connectivity index (χ0) is 23.8. The number of fused-ring (bicyclic) bond motifs is 1. The molecule has 3 aromatic rings. The highest BCUT2D eigenvalue weighted by Crippen LogP contribution is 2.22. The second kappa shape index (κ2) is 12.1. The predicted molar refractivity (Wildman–Crippen MR) is 132 cm³/mol. The average Bonchev–Trinajstić information content (AvgIpc) is 2.85. The molecule has 9 heteroatoms. The maximum atomic E-state index is 13.9. The summed E-state index contributed by atoms with van der Waals surface area (Å²) in [4.78, 5) is 32.4. The largest absolute Gasteiger partial charge is 0.379 e. The Morgan fingerprint density at radius 1 is 1.12 bits per heavy atom. The standard InChI is InChI=1S/C25H29FN4O3S/c26-19-6-3-7-20(18-19)30-24(32)21-8-1-2-9-22(21)28-25(30)34-17-4-10-23(31)27-11-5-12-29-13-15-33-16-14-29/h1-3,6-9,18H,4-5,10-17H2,(H,27,31). The van der Waals surface area contributed by atoms with Gasteiger partial charge in [0, 0.05) is 31.8 Å². The van der Waals surface area contributed by atoms with Crippen LogP contribution in [-0.2, 0) is 9.53 Å². The van der Waals surface area contributed by atoms with Crippen molar-refractivity contribution in [2.24, 2.45) is 0 Å². The number of aromatic nitrogens is 2. The third kappa shape index (κ3) is 6.43. The van der Waals surface area contributed by atoms with Crippen molar-refractivity contribution in [2.75, 3.05) is 45.1 Å². The van der Waals surface area contributed by atoms with Gasteiger partial charge in [0.1, 0.15) is 5.82 Å². The van der Waals surface area contributed by atoms with Crippen molar-refractivity contribution in [1.82, 2.24) is 19.8 Å². The topological polar surface area (TPSA) is 76.5 Å². The number of rotatable bonds is 10. The summed E-state index contributed by atoms with van der Waals surface area (Å²) >= 11 is 1.40. The fourth-order valence-corrected chi connectivity index (χ4v) is 4.84. The maximum Gasteiger partial charge on any atom is 0.266 e. The SMILES string of the molecule is O=C(CCCSc1nc2ccccc2c(=O)n1-c1cccc(F)c1)NCCCN1CCOCC1. The van der Waals surface area contributed by atoms with E-state index in [0.29, 0.717) is 46.9 Å². The van der Waals surface area contributed by atoms with Crippen LogP contribution in [0.1, 0.15) is 19.3 Å². The smallest absolute Gasteiger partial charge is 0.266 e. The van der Waals surface area contributed by atoms with Crippen LogP contribution < -0.4 is 10.9 Å². The third-order valence-corrected chi connectivity index (χ3v) is 6.69. The van der Waals surface area contributed by atoms with Crippen LogP contribution in [0.4, 0.5) is 4.39 Å². The molecule has 1 saturated heterocycles. The van der Waals surface area contributed by atoms with E-state index in [4.69, 9.17) is 4.74 Å². The first-order valence-corrected chi connectivity index (χ1v) is 12.6. The van der Waals surface area contributed by atoms with Gasteiger partial charge in [-0.15, -0.1) is 0 Å². The Kier molecular flexibility index (Phi) is 8.67. The lowest BCUT2D eigenvalue weighted by molar-refractivity contribution is -0.121. The first kappa shape index (κ1) is 24.4. The van der Waals surface area contributed by atoms with E-state index in [9.17, 15) is 14.0 Å². The molecule has 180 valence electrons. The molecule has 0 bridgehead atoms. The normalized spacial score (nSPS) is 14.4. The van der Waals surface area contributed by atoms with Crippen LogP contribution in [0.15, 0.2) is 58.5 Å². The minimum atomic E-state index is -0.418. The number of thioether (sulfide) groups is 1. The minimum absolute atomic E-state index is 0.0246. The van der Waals surface area contributed by atoms with Crippen molar-refractivity contribution in [3.8, 4) is 5.69 Å². The molecular formula is C25H29FN4O3S. The molecule has 0 atom stereocenters. The van der Waals surface area contributed by atoms with Crippen molar-refractivity contribution < 1.29 is 13.9 Å². The zero-order valence-corrected chi connectivity index (χ0v) is 19.9. The van der Waals surface area contributed by atoms with Crippen molar-refractivity contribution >= 4 is 28.6 Å². The molecule has 1 aliphatic heterocycles. The Morgan fingerprint density at radius 3 is 2.76 bits per heavy atom. The number of amides is 1. The number of nitrogens with zero attached hydrogens (tertiary/aromatic N) is 3. The molecule has 34 heavy (non-hydrogen) atoms. The van der Waals surface area contributed by atoms with Gasteiger partial charge in [0.2, 0.25) is 5.91 Å². The van der Waals surface area contributed by atoms with E-state index >= 15 is 0 Å². The Morgan fingerprint density at radius 2 is 1.94 bits per heavy atom. The number of carbonyl (C=O) groups excluding carboxylic acids is 1. The van der Waals surface area contributed by atoms with Crippen molar-refractivity contribution in [3.63, 3.8) is 0 Å². The van der Waals surface area contributed by atoms with Gasteiger partial charge in [0.25, 0.3) is 5.56 Å². The molecule has 0 radical (unpaired) electrons. The Bertz CT molecular complexity index is 1180. The van der Waals surface area contributed by atoms with Crippen molar-refractivity contribution in [1.29, 1.82) is 0 Å². The highest BCUT2D eigenvalue weighted by molar-refractivity contribution is 7.99. The Balaban J connectivity index is 1.32. The summed E-state index contributed by atoms with van der Waals surface area (Å²) in [6.07, 6.45) is 1.97. The predicted octanol–water partition coefficient (Wildman–Crippen LogP) is 3.24. The van der Waals surface area contributed by atoms with E-state index in [-0.39, 0.29) is 11.5 Å². The van der Waals surface area contributed by atoms with Gasteiger partial charge < -0.3 is 10.1 Å². The summed E-state index contributed by atoms with van der Waals surface area (Å²) in [5.74, 6) is 0.219. The number of hydrogen-bond donors (Lipinski definition) is 1. The summed E-state index contributed by atoms with van der Waals surface area (Å²) in [7, 11) is 0. The highest BCUT2D eigenvalue weighted by atomic mass is 32.2. The van der Waals surface area contributed by atoms with Crippen LogP contribution in [-0.4, -0.2) is 65.5 Å². The summed E-state index contributed by atoms with van der Waals surface area (Å²) in [6, 6.07) is 13.1. The number of benzene rings is 2. The summed E-state index contributed by atoms with van der Waals surface area (Å²) in [5, 5.41) is 3.94. The van der Waals surface area contributed by atoms with E-state index in [1.807, 2.05) is 6.07 Å². The molecule has 1 aromatic heterocycles. The summed E-state index contributed by atoms with van der Waals surface area (Å²) in [5.41, 5.74) is 0.793. The second-order valence-corrected chi connectivity index (χ2v) is 9.20. The zero-order valence-electron chi connectivity index (χ0n) is 19.0. The minimum Gasteiger partial charge on any atom is -0.379 e. The quantitative estimate of drug-likeness (QED) is 0.271. The Hall–Kier alpha value is -2.75. The first-order chi connectivity index (χ1) is 16.6. The van der Waals surface area contributed by atoms with Crippen LogP contribution in [0.5, 0.6) is 0 Å². The van der Waals surface area contributed by atoms with E-state index in [1.165, 1.54) is 28.5 Å². The molecule has 0 aliphatic carbocycles. The Labute approximate surface area is 202 Å². The van der Waals surface area contributed by atoms with Gasteiger partial charge in [-0.1, -0.05) is 30.0 Å². The van der Waals surface area contributed by atoms with Crippen LogP contribution in [0, 0.1) is 5.82 Å². The fraction of sp³-hybridized carbons (Fsp3) is 0.400. The maximum absolute atomic E-state index is 13.9. The van der Waals surface area contributed by atoms with Crippen LogP contribution in [0.3, 0.4) is 0 Å². The van der Waals surface area contributed by atoms with Gasteiger partial charge >= 0.3 is 0 Å². The lowest BCUT2D eigenvalue weighted by atomic mass is 10.2. The second-order valence-electron chi connectivity index (χ2n) is 8.14. The number of morpholine rings is 1. The lowest BCUT2D eigenvalue weighted by Crippen LogP contribution is -2.38. The monoisotopic (exact) mass is 484 g/mol. The number of para-hydroxylation sites is 1. The molecular weight excluding hydrogens is 455 g/mol. The summed E-state index contributed by atoms with van der Waals surface area (Å²) < 4.78 is 20.7. The fourth-order valence-electron chi connectivity index (χ4n) is 3.89. The lowest BCUT2D eigenvalue weighted by Gasteiger charge is -2.26. The molecule has 0 unspecified atom stereocenters. The number of ether oxygens (including phenoxy) is 1. The van der Waals surface area contributed by atoms with Gasteiger partial charge in [-0.2, -0.15) is 0 Å². The molecule has 1 fully saturated rings. The van der Waals surface area contributed by atoms with Crippen LogP contribution >= 0.6 is 11.8 Å². The van der Waals surface area contributed by atoms with Crippen LogP contribution in [0.2, 0.25) is 0 Å². The first-order valence-electron chi connectivity index (χ1n) is 11.6. The molecule has 4 rings (SSSR count). The number of carbonyl (C=O) groups is 1. The van der Waals surface area contributed by atoms with Crippen LogP contribution in [0.25, 0.3) is 16.6 Å². The van der Waals surface area contributed by atoms with E-state index < -0.39 is 5.82 Å². The summed E-state index contributed by atoms with van der Waals surface area (Å²) in [6.45, 7) is 5.09. The molecule has 2 heterocycles. The third-order valence-electron chi connectivity index (χ3n) is 5.67. The van der Waals surface area contributed by atoms with Crippen molar-refractivity contribution in [3.05, 3.63) is 64.7 Å². The molecule has 1 amide bonds. The molecule has 0 spiro atoms. The van der Waals surface area contributed by atoms with Gasteiger partial charge in [-0.3, -0.25) is 19.1 Å². The average molecular weight is 485 g/mol. The van der Waals surface area contributed by atoms with Gasteiger partial charge in [-0.05, 0) is 49.7 Å². The number of halogens is 1. The van der Waals surface area contributed by atoms with Gasteiger partial charge in [0.05, 0.1) is 29.8 Å². The van der Waals surface area contributed by atoms with Gasteiger partial charge in [-0.25, -0.2) is 9.37 Å².